The summed E-state index contributed by atoms with van der Waals surface area (Å²) in [5, 5.41) is 8.54. The summed E-state index contributed by atoms with van der Waals surface area (Å²) in [7, 11) is 0. The highest BCUT2D eigenvalue weighted by atomic mass is 16.5. The summed E-state index contributed by atoms with van der Waals surface area (Å²) in [6.45, 7) is 4.94. The third kappa shape index (κ3) is 15.8. The molecule has 1 N–H and O–H groups in total. The van der Waals surface area contributed by atoms with Crippen LogP contribution in [0.2, 0.25) is 0 Å². The Morgan fingerprint density at radius 3 is 1.88 bits per heavy atom. The van der Waals surface area contributed by atoms with Gasteiger partial charge in [0, 0.05) is 12.8 Å². The van der Waals surface area contributed by atoms with E-state index in [-0.39, 0.29) is 5.97 Å². The molecule has 0 saturated heterocycles. The Morgan fingerprint density at radius 1 is 0.833 bits per heavy atom. The molecule has 0 saturated carbocycles. The van der Waals surface area contributed by atoms with Gasteiger partial charge in [-0.2, -0.15) is 0 Å². The second-order valence-corrected chi connectivity index (χ2v) is 6.82. The molecule has 0 aliphatic heterocycles. The normalized spacial score (nSPS) is 12.1. The molecule has 0 aromatic carbocycles. The molecule has 0 aromatic heterocycles. The third-order valence-electron chi connectivity index (χ3n) is 4.54. The molecule has 0 rings (SSSR count). The quantitative estimate of drug-likeness (QED) is 0.271. The number of ether oxygens (including phenoxy) is 1. The van der Waals surface area contributed by atoms with E-state index in [0.717, 1.165) is 51.4 Å². The molecule has 0 aliphatic rings. The van der Waals surface area contributed by atoms with E-state index in [1.54, 1.807) is 0 Å². The van der Waals surface area contributed by atoms with Crippen LogP contribution in [0.1, 0.15) is 104 Å². The second kappa shape index (κ2) is 16.8. The smallest absolute Gasteiger partial charge is 0.305 e. The average Bonchev–Trinajstić information content (AvgIpc) is 2.56. The summed E-state index contributed by atoms with van der Waals surface area (Å²) in [6.07, 6.45) is 13.9. The largest absolute Gasteiger partial charge is 0.481 e. The van der Waals surface area contributed by atoms with E-state index < -0.39 is 5.97 Å². The predicted octanol–water partition coefficient (Wildman–Crippen LogP) is 5.73. The van der Waals surface area contributed by atoms with Crippen LogP contribution < -0.4 is 0 Å². The van der Waals surface area contributed by atoms with Gasteiger partial charge in [-0.1, -0.05) is 71.6 Å². The van der Waals surface area contributed by atoms with Crippen LogP contribution in [0.15, 0.2) is 0 Å². The number of hydrogen-bond donors (Lipinski definition) is 1. The number of aliphatic carboxylic acids is 1. The van der Waals surface area contributed by atoms with Gasteiger partial charge in [0.25, 0.3) is 0 Å². The summed E-state index contributed by atoms with van der Waals surface area (Å²) >= 11 is 0. The molecule has 0 heterocycles. The first kappa shape index (κ1) is 22.9. The number of carbonyl (C=O) groups excluding carboxylic acids is 1. The van der Waals surface area contributed by atoms with Gasteiger partial charge in [-0.25, -0.2) is 0 Å². The number of esters is 1. The van der Waals surface area contributed by atoms with Crippen LogP contribution in [-0.2, 0) is 14.3 Å². The third-order valence-corrected chi connectivity index (χ3v) is 4.54. The van der Waals surface area contributed by atoms with Crippen molar-refractivity contribution in [3.8, 4) is 0 Å². The first-order chi connectivity index (χ1) is 11.6. The lowest BCUT2D eigenvalue weighted by Gasteiger charge is -2.14. The van der Waals surface area contributed by atoms with Gasteiger partial charge in [0.05, 0.1) is 6.61 Å². The molecule has 0 aromatic rings. The summed E-state index contributed by atoms with van der Waals surface area (Å²) in [5.74, 6) is -0.217. The van der Waals surface area contributed by atoms with E-state index in [1.807, 2.05) is 0 Å². The van der Waals surface area contributed by atoms with Crippen LogP contribution in [0.3, 0.4) is 0 Å². The zero-order valence-electron chi connectivity index (χ0n) is 15.9. The summed E-state index contributed by atoms with van der Waals surface area (Å²) in [6, 6.07) is 0. The minimum Gasteiger partial charge on any atom is -0.481 e. The second-order valence-electron chi connectivity index (χ2n) is 6.82. The summed E-state index contributed by atoms with van der Waals surface area (Å²) in [5.41, 5.74) is 0. The van der Waals surface area contributed by atoms with Gasteiger partial charge < -0.3 is 9.84 Å². The molecule has 0 fully saturated rings. The topological polar surface area (TPSA) is 63.6 Å². The highest BCUT2D eigenvalue weighted by Crippen LogP contribution is 2.14. The Labute approximate surface area is 148 Å². The van der Waals surface area contributed by atoms with Gasteiger partial charge in [-0.15, -0.1) is 0 Å². The molecule has 0 aliphatic carbocycles. The number of carbonyl (C=O) groups is 2. The number of rotatable bonds is 17. The molecule has 24 heavy (non-hydrogen) atoms. The maximum Gasteiger partial charge on any atom is 0.305 e. The van der Waals surface area contributed by atoms with E-state index in [2.05, 4.69) is 13.8 Å². The zero-order chi connectivity index (χ0) is 18.0. The van der Waals surface area contributed by atoms with Crippen molar-refractivity contribution in [1.82, 2.24) is 0 Å². The zero-order valence-corrected chi connectivity index (χ0v) is 15.9. The molecule has 4 heteroatoms. The van der Waals surface area contributed by atoms with Crippen LogP contribution >= 0.6 is 0 Å². The fourth-order valence-corrected chi connectivity index (χ4v) is 2.79. The number of carboxylic acid groups (broad SMARTS) is 1. The van der Waals surface area contributed by atoms with Crippen molar-refractivity contribution in [2.45, 2.75) is 104 Å². The molecule has 0 spiro atoms. The lowest BCUT2D eigenvalue weighted by atomic mass is 10.0. The number of hydrogen-bond acceptors (Lipinski definition) is 3. The molecule has 0 radical (unpaired) electrons. The van der Waals surface area contributed by atoms with Gasteiger partial charge >= 0.3 is 11.9 Å². The summed E-state index contributed by atoms with van der Waals surface area (Å²) < 4.78 is 5.40. The highest BCUT2D eigenvalue weighted by molar-refractivity contribution is 5.69. The van der Waals surface area contributed by atoms with Crippen LogP contribution in [0.5, 0.6) is 0 Å². The minimum atomic E-state index is -0.697. The van der Waals surface area contributed by atoms with Crippen molar-refractivity contribution in [2.24, 2.45) is 5.92 Å². The molecule has 1 atom stereocenters. The molecule has 1 unspecified atom stereocenters. The number of unbranched alkanes of at least 4 members (excludes halogenated alkanes) is 8. The van der Waals surface area contributed by atoms with Crippen LogP contribution in [0.25, 0.3) is 0 Å². The van der Waals surface area contributed by atoms with Gasteiger partial charge in [0.1, 0.15) is 0 Å². The maximum atomic E-state index is 11.7. The predicted molar refractivity (Wildman–Crippen MR) is 98.1 cm³/mol. The van der Waals surface area contributed by atoms with Crippen LogP contribution in [-0.4, -0.2) is 23.7 Å². The molecule has 0 amide bonds. The number of carboxylic acids is 1. The Balaban J connectivity index is 3.38. The van der Waals surface area contributed by atoms with Crippen molar-refractivity contribution >= 4 is 11.9 Å². The summed E-state index contributed by atoms with van der Waals surface area (Å²) in [4.78, 5) is 22.1. The molecule has 0 bridgehead atoms. The Kier molecular flexibility index (Phi) is 16.0. The van der Waals surface area contributed by atoms with Crippen molar-refractivity contribution in [3.63, 3.8) is 0 Å². The Bertz CT molecular complexity index is 315. The van der Waals surface area contributed by atoms with Crippen molar-refractivity contribution < 1.29 is 19.4 Å². The fraction of sp³-hybridized carbons (Fsp3) is 0.900. The van der Waals surface area contributed by atoms with E-state index in [0.29, 0.717) is 25.4 Å². The average molecular weight is 343 g/mol. The molecular formula is C20H38O4. The van der Waals surface area contributed by atoms with Crippen molar-refractivity contribution in [1.29, 1.82) is 0 Å². The van der Waals surface area contributed by atoms with Gasteiger partial charge in [-0.05, 0) is 25.2 Å². The van der Waals surface area contributed by atoms with Gasteiger partial charge in [0.2, 0.25) is 0 Å². The lowest BCUT2D eigenvalue weighted by Crippen LogP contribution is -2.13. The first-order valence-corrected chi connectivity index (χ1v) is 9.97. The highest BCUT2D eigenvalue weighted by Gasteiger charge is 2.09. The SMILES string of the molecule is CCCCC(CC)COC(=O)CCCCCCCCCCC(=O)O. The van der Waals surface area contributed by atoms with E-state index in [1.165, 1.54) is 25.7 Å². The molecule has 4 nitrogen and oxygen atoms in total. The minimum absolute atomic E-state index is 0.0429. The van der Waals surface area contributed by atoms with Crippen LogP contribution in [0, 0.1) is 5.92 Å². The monoisotopic (exact) mass is 342 g/mol. The first-order valence-electron chi connectivity index (χ1n) is 9.97. The van der Waals surface area contributed by atoms with Gasteiger partial charge in [0.15, 0.2) is 0 Å². The van der Waals surface area contributed by atoms with Gasteiger partial charge in [-0.3, -0.25) is 9.59 Å². The van der Waals surface area contributed by atoms with Crippen molar-refractivity contribution in [2.75, 3.05) is 6.61 Å². The van der Waals surface area contributed by atoms with E-state index in [4.69, 9.17) is 9.84 Å². The molecule has 142 valence electrons. The molecular weight excluding hydrogens is 304 g/mol. The van der Waals surface area contributed by atoms with Crippen LogP contribution in [0.4, 0.5) is 0 Å². The Morgan fingerprint density at radius 2 is 1.38 bits per heavy atom. The standard InChI is InChI=1S/C20H38O4/c1-3-5-14-18(4-2)17-24-20(23)16-13-11-9-7-6-8-10-12-15-19(21)22/h18H,3-17H2,1-2H3,(H,21,22). The fourth-order valence-electron chi connectivity index (χ4n) is 2.79. The van der Waals surface area contributed by atoms with E-state index in [9.17, 15) is 9.59 Å². The van der Waals surface area contributed by atoms with Crippen molar-refractivity contribution in [3.05, 3.63) is 0 Å². The lowest BCUT2D eigenvalue weighted by molar-refractivity contribution is -0.145. The maximum absolute atomic E-state index is 11.7. The van der Waals surface area contributed by atoms with E-state index >= 15 is 0 Å². The Hall–Kier alpha value is -1.06.